The molecule has 1 rings (SSSR count). The summed E-state index contributed by atoms with van der Waals surface area (Å²) >= 11 is 0. The highest BCUT2D eigenvalue weighted by Gasteiger charge is 2.33. The molecule has 0 radical (unpaired) electrons. The van der Waals surface area contributed by atoms with Crippen molar-refractivity contribution in [2.45, 2.75) is 71.2 Å². The largest absolute Gasteiger partial charge is 0.444 e. The van der Waals surface area contributed by atoms with Crippen LogP contribution in [-0.4, -0.2) is 41.6 Å². The Bertz CT molecular complexity index is 686. The molecule has 6 N–H and O–H groups in total. The predicted octanol–water partition coefficient (Wildman–Crippen LogP) is 1.47. The number of nitrogens with one attached hydrogen (secondary N) is 2. The van der Waals surface area contributed by atoms with E-state index in [9.17, 15) is 14.4 Å². The number of carbonyl (C=O) groups is 3. The van der Waals surface area contributed by atoms with E-state index in [0.717, 1.165) is 5.56 Å². The molecule has 29 heavy (non-hydrogen) atoms. The van der Waals surface area contributed by atoms with Gasteiger partial charge in [-0.1, -0.05) is 44.2 Å². The first-order valence-electron chi connectivity index (χ1n) is 9.77. The second-order valence-electron chi connectivity index (χ2n) is 8.57. The van der Waals surface area contributed by atoms with Crippen LogP contribution in [0.4, 0.5) is 4.79 Å². The maximum absolute atomic E-state index is 12.4. The smallest absolute Gasteiger partial charge is 0.407 e. The lowest BCUT2D eigenvalue weighted by atomic mass is 9.96. The van der Waals surface area contributed by atoms with Crippen molar-refractivity contribution in [1.82, 2.24) is 10.6 Å². The Balaban J connectivity index is 3.13. The number of alkyl carbamates (subject to hydrolysis) is 1. The van der Waals surface area contributed by atoms with Crippen molar-refractivity contribution in [2.75, 3.05) is 0 Å². The van der Waals surface area contributed by atoms with E-state index >= 15 is 0 Å². The van der Waals surface area contributed by atoms with E-state index in [1.807, 2.05) is 44.2 Å². The summed E-state index contributed by atoms with van der Waals surface area (Å²) < 4.78 is 5.33. The molecule has 3 atom stereocenters. The first kappa shape index (κ1) is 24.4. The van der Waals surface area contributed by atoms with E-state index in [4.69, 9.17) is 16.2 Å². The summed E-state index contributed by atoms with van der Waals surface area (Å²) in [6, 6.07) is 6.83. The summed E-state index contributed by atoms with van der Waals surface area (Å²) in [5, 5.41) is 5.68. The Morgan fingerprint density at radius 3 is 2.07 bits per heavy atom. The lowest BCUT2D eigenvalue weighted by Gasteiger charge is -2.31. The number of ether oxygens (including phenoxy) is 1. The van der Waals surface area contributed by atoms with Crippen molar-refractivity contribution in [1.29, 1.82) is 0 Å². The maximum Gasteiger partial charge on any atom is 0.407 e. The standard InChI is InChI=1S/C21H34N4O4/c1-13(2)11-16(18(22)26)24-17(19(23)27)15(12-14-9-7-6-8-10-14)25-20(28)29-21(3,4)5/h6-10,13,15-17,24H,11-12H2,1-5H3,(H2,22,26)(H2,23,27)(H,25,28)/t15-,16-,17-/m0/s1. The fourth-order valence-electron chi connectivity index (χ4n) is 2.93. The minimum atomic E-state index is -1.01. The fourth-order valence-corrected chi connectivity index (χ4v) is 2.93. The highest BCUT2D eigenvalue weighted by atomic mass is 16.6. The Hall–Kier alpha value is -2.61. The molecule has 0 unspecified atom stereocenters. The van der Waals surface area contributed by atoms with Crippen molar-refractivity contribution >= 4 is 17.9 Å². The molecule has 0 saturated heterocycles. The van der Waals surface area contributed by atoms with Gasteiger partial charge in [-0.25, -0.2) is 4.79 Å². The summed E-state index contributed by atoms with van der Waals surface area (Å²) in [6.07, 6.45) is 0.0724. The molecule has 0 spiro atoms. The SMILES string of the molecule is CC(C)C[C@H](N[C@H](C(N)=O)[C@H](Cc1ccccc1)NC(=O)OC(C)(C)C)C(N)=O. The minimum absolute atomic E-state index is 0.167. The molecule has 0 bridgehead atoms. The van der Waals surface area contributed by atoms with Gasteiger partial charge in [-0.05, 0) is 45.1 Å². The molecule has 0 aliphatic heterocycles. The van der Waals surface area contributed by atoms with E-state index in [0.29, 0.717) is 12.8 Å². The van der Waals surface area contributed by atoms with Crippen LogP contribution in [0.5, 0.6) is 0 Å². The van der Waals surface area contributed by atoms with E-state index in [2.05, 4.69) is 10.6 Å². The number of hydrogen-bond donors (Lipinski definition) is 4. The summed E-state index contributed by atoms with van der Waals surface area (Å²) in [6.45, 7) is 9.12. The predicted molar refractivity (Wildman–Crippen MR) is 112 cm³/mol. The molecule has 0 aliphatic rings. The van der Waals surface area contributed by atoms with E-state index in [1.165, 1.54) is 0 Å². The molecule has 1 aromatic carbocycles. The van der Waals surface area contributed by atoms with Crippen molar-refractivity contribution in [3.8, 4) is 0 Å². The highest BCUT2D eigenvalue weighted by Crippen LogP contribution is 2.12. The molecule has 1 aromatic rings. The zero-order chi connectivity index (χ0) is 22.2. The Kier molecular flexibility index (Phi) is 9.10. The average molecular weight is 407 g/mol. The molecular formula is C21H34N4O4. The molecule has 0 aromatic heterocycles. The van der Waals surface area contributed by atoms with Gasteiger partial charge in [-0.3, -0.25) is 14.9 Å². The number of carbonyl (C=O) groups excluding carboxylic acids is 3. The Morgan fingerprint density at radius 1 is 1.03 bits per heavy atom. The molecule has 3 amide bonds. The molecular weight excluding hydrogens is 372 g/mol. The highest BCUT2D eigenvalue weighted by molar-refractivity contribution is 5.84. The third-order valence-electron chi connectivity index (χ3n) is 4.14. The summed E-state index contributed by atoms with van der Waals surface area (Å²) in [5.74, 6) is -1.11. The van der Waals surface area contributed by atoms with Gasteiger partial charge in [-0.15, -0.1) is 0 Å². The second kappa shape index (κ2) is 10.8. The van der Waals surface area contributed by atoms with Crippen molar-refractivity contribution in [3.63, 3.8) is 0 Å². The quantitative estimate of drug-likeness (QED) is 0.466. The van der Waals surface area contributed by atoms with Crippen LogP contribution in [0, 0.1) is 5.92 Å². The number of rotatable bonds is 10. The zero-order valence-electron chi connectivity index (χ0n) is 17.9. The zero-order valence-corrected chi connectivity index (χ0v) is 17.9. The number of hydrogen-bond acceptors (Lipinski definition) is 5. The Morgan fingerprint density at radius 2 is 1.62 bits per heavy atom. The van der Waals surface area contributed by atoms with Gasteiger partial charge in [0.1, 0.15) is 11.6 Å². The molecule has 0 heterocycles. The molecule has 0 aliphatic carbocycles. The number of amides is 3. The number of primary amides is 2. The van der Waals surface area contributed by atoms with Gasteiger partial charge in [0.25, 0.3) is 0 Å². The van der Waals surface area contributed by atoms with Gasteiger partial charge < -0.3 is 21.5 Å². The van der Waals surface area contributed by atoms with Gasteiger partial charge >= 0.3 is 6.09 Å². The normalized spacial score (nSPS) is 14.7. The van der Waals surface area contributed by atoms with Gasteiger partial charge in [0.15, 0.2) is 0 Å². The van der Waals surface area contributed by atoms with Crippen LogP contribution < -0.4 is 22.1 Å². The fraction of sp³-hybridized carbons (Fsp3) is 0.571. The first-order valence-corrected chi connectivity index (χ1v) is 9.77. The van der Waals surface area contributed by atoms with E-state index < -0.39 is 41.6 Å². The van der Waals surface area contributed by atoms with Crippen LogP contribution in [0.1, 0.15) is 46.6 Å². The third-order valence-corrected chi connectivity index (χ3v) is 4.14. The van der Waals surface area contributed by atoms with Crippen LogP contribution in [0.3, 0.4) is 0 Å². The van der Waals surface area contributed by atoms with Crippen molar-refractivity contribution in [3.05, 3.63) is 35.9 Å². The molecule has 8 nitrogen and oxygen atoms in total. The minimum Gasteiger partial charge on any atom is -0.444 e. The average Bonchev–Trinajstić information content (AvgIpc) is 2.56. The van der Waals surface area contributed by atoms with Crippen LogP contribution in [0.2, 0.25) is 0 Å². The van der Waals surface area contributed by atoms with Gasteiger partial charge in [0.2, 0.25) is 11.8 Å². The molecule has 162 valence electrons. The second-order valence-corrected chi connectivity index (χ2v) is 8.57. The van der Waals surface area contributed by atoms with Gasteiger partial charge in [0.05, 0.1) is 12.1 Å². The van der Waals surface area contributed by atoms with Crippen LogP contribution >= 0.6 is 0 Å². The van der Waals surface area contributed by atoms with Crippen LogP contribution in [0.25, 0.3) is 0 Å². The van der Waals surface area contributed by atoms with Gasteiger partial charge in [0, 0.05) is 0 Å². The van der Waals surface area contributed by atoms with Gasteiger partial charge in [-0.2, -0.15) is 0 Å². The Labute approximate surface area is 172 Å². The molecule has 0 fully saturated rings. The molecule has 0 saturated carbocycles. The summed E-state index contributed by atoms with van der Waals surface area (Å²) in [7, 11) is 0. The monoisotopic (exact) mass is 406 g/mol. The third kappa shape index (κ3) is 9.43. The lowest BCUT2D eigenvalue weighted by molar-refractivity contribution is -0.123. The summed E-state index contributed by atoms with van der Waals surface area (Å²) in [5.41, 5.74) is 11.3. The van der Waals surface area contributed by atoms with Crippen LogP contribution in [-0.2, 0) is 20.7 Å². The van der Waals surface area contributed by atoms with E-state index in [1.54, 1.807) is 20.8 Å². The number of nitrogens with two attached hydrogens (primary N) is 2. The molecule has 8 heteroatoms. The lowest BCUT2D eigenvalue weighted by Crippen LogP contribution is -2.61. The van der Waals surface area contributed by atoms with Crippen molar-refractivity contribution < 1.29 is 19.1 Å². The maximum atomic E-state index is 12.4. The number of benzene rings is 1. The topological polar surface area (TPSA) is 137 Å². The first-order chi connectivity index (χ1) is 13.4. The van der Waals surface area contributed by atoms with Crippen molar-refractivity contribution in [2.24, 2.45) is 17.4 Å². The van der Waals surface area contributed by atoms with E-state index in [-0.39, 0.29) is 5.92 Å². The summed E-state index contributed by atoms with van der Waals surface area (Å²) in [4.78, 5) is 36.5. The van der Waals surface area contributed by atoms with Crippen LogP contribution in [0.15, 0.2) is 30.3 Å².